The highest BCUT2D eigenvalue weighted by atomic mass is 19.2. The number of aromatic nitrogens is 2. The van der Waals surface area contributed by atoms with Crippen molar-refractivity contribution in [2.75, 3.05) is 5.32 Å². The molecule has 0 unspecified atom stereocenters. The minimum atomic E-state index is -0.942. The van der Waals surface area contributed by atoms with Crippen LogP contribution in [0.15, 0.2) is 42.6 Å². The Hall–Kier alpha value is -2.76. The summed E-state index contributed by atoms with van der Waals surface area (Å²) < 4.78 is 28.8. The summed E-state index contributed by atoms with van der Waals surface area (Å²) >= 11 is 0. The van der Waals surface area contributed by atoms with Gasteiger partial charge >= 0.3 is 0 Å². The molecule has 1 aliphatic rings. The number of nitrogens with zero attached hydrogens (tertiary/aromatic N) is 2. The highest BCUT2D eigenvalue weighted by molar-refractivity contribution is 5.94. The maximum atomic E-state index is 13.7. The zero-order valence-corrected chi connectivity index (χ0v) is 14.9. The van der Waals surface area contributed by atoms with Crippen LogP contribution in [0.4, 0.5) is 14.6 Å². The summed E-state index contributed by atoms with van der Waals surface area (Å²) in [5, 5.41) is 2.94. The molecular formula is C21H21F2N3O. The molecule has 1 N–H and O–H groups in total. The molecule has 3 aromatic rings. The van der Waals surface area contributed by atoms with E-state index in [1.165, 1.54) is 31.7 Å². The van der Waals surface area contributed by atoms with E-state index in [1.54, 1.807) is 16.7 Å². The summed E-state index contributed by atoms with van der Waals surface area (Å²) in [4.78, 5) is 17.0. The number of imidazole rings is 1. The zero-order valence-electron chi connectivity index (χ0n) is 14.9. The predicted octanol–water partition coefficient (Wildman–Crippen LogP) is 5.19. The fourth-order valence-electron chi connectivity index (χ4n) is 3.79. The number of carbonyl (C=O) groups excluding carboxylic acids is 1. The van der Waals surface area contributed by atoms with Crippen molar-refractivity contribution in [3.8, 4) is 11.3 Å². The first-order chi connectivity index (χ1) is 13.1. The van der Waals surface area contributed by atoms with Gasteiger partial charge in [0.05, 0.1) is 0 Å². The summed E-state index contributed by atoms with van der Waals surface area (Å²) in [6, 6.07) is 9.11. The van der Waals surface area contributed by atoms with Crippen LogP contribution in [0.2, 0.25) is 0 Å². The molecule has 0 radical (unpaired) electrons. The van der Waals surface area contributed by atoms with Gasteiger partial charge in [0.2, 0.25) is 5.91 Å². The number of nitrogens with one attached hydrogen (secondary N) is 1. The number of amides is 1. The van der Waals surface area contributed by atoms with Crippen molar-refractivity contribution in [1.29, 1.82) is 0 Å². The summed E-state index contributed by atoms with van der Waals surface area (Å²) in [5.74, 6) is -0.833. The van der Waals surface area contributed by atoms with Gasteiger partial charge in [-0.05, 0) is 42.7 Å². The van der Waals surface area contributed by atoms with Gasteiger partial charge in [0.15, 0.2) is 11.6 Å². The lowest BCUT2D eigenvalue weighted by molar-refractivity contribution is -0.116. The van der Waals surface area contributed by atoms with Gasteiger partial charge in [-0.25, -0.2) is 13.8 Å². The van der Waals surface area contributed by atoms with Crippen LogP contribution in [-0.2, 0) is 4.79 Å². The van der Waals surface area contributed by atoms with Crippen LogP contribution in [0.1, 0.15) is 38.5 Å². The zero-order chi connectivity index (χ0) is 18.8. The van der Waals surface area contributed by atoms with Gasteiger partial charge in [-0.3, -0.25) is 9.20 Å². The first-order valence-electron chi connectivity index (χ1n) is 9.34. The Morgan fingerprint density at radius 2 is 1.96 bits per heavy atom. The van der Waals surface area contributed by atoms with E-state index in [9.17, 15) is 13.6 Å². The van der Waals surface area contributed by atoms with Crippen molar-refractivity contribution in [1.82, 2.24) is 9.38 Å². The van der Waals surface area contributed by atoms with Crippen LogP contribution < -0.4 is 5.32 Å². The van der Waals surface area contributed by atoms with Gasteiger partial charge in [-0.15, -0.1) is 0 Å². The third-order valence-electron chi connectivity index (χ3n) is 5.24. The Morgan fingerprint density at radius 3 is 2.74 bits per heavy atom. The number of hydrogen-bond donors (Lipinski definition) is 1. The van der Waals surface area contributed by atoms with Crippen molar-refractivity contribution in [2.45, 2.75) is 38.5 Å². The first-order valence-corrected chi connectivity index (χ1v) is 9.34. The molecule has 1 saturated carbocycles. The fraction of sp³-hybridized carbons (Fsp3) is 0.333. The predicted molar refractivity (Wildman–Crippen MR) is 100 cm³/mol. The molecule has 2 aromatic heterocycles. The highest BCUT2D eigenvalue weighted by Gasteiger charge is 2.20. The first kappa shape index (κ1) is 17.6. The van der Waals surface area contributed by atoms with E-state index in [1.807, 2.05) is 12.1 Å². The van der Waals surface area contributed by atoms with E-state index >= 15 is 0 Å². The van der Waals surface area contributed by atoms with Crippen molar-refractivity contribution in [3.63, 3.8) is 0 Å². The van der Waals surface area contributed by atoms with E-state index in [2.05, 4.69) is 10.3 Å². The van der Waals surface area contributed by atoms with Crippen molar-refractivity contribution in [2.24, 2.45) is 5.92 Å². The van der Waals surface area contributed by atoms with Gasteiger partial charge in [0.1, 0.15) is 17.2 Å². The Labute approximate surface area is 156 Å². The Bertz CT molecular complexity index is 977. The van der Waals surface area contributed by atoms with E-state index in [-0.39, 0.29) is 5.91 Å². The molecule has 1 amide bonds. The summed E-state index contributed by atoms with van der Waals surface area (Å²) in [5.41, 5.74) is 1.47. The van der Waals surface area contributed by atoms with Gasteiger partial charge < -0.3 is 5.32 Å². The van der Waals surface area contributed by atoms with Crippen molar-refractivity contribution >= 4 is 17.4 Å². The molecule has 0 bridgehead atoms. The number of fused-ring (bicyclic) bond motifs is 1. The number of rotatable bonds is 5. The third-order valence-corrected chi connectivity index (χ3v) is 5.24. The number of hydrogen-bond acceptors (Lipinski definition) is 2. The molecule has 4 rings (SSSR count). The topological polar surface area (TPSA) is 46.4 Å². The molecule has 0 spiro atoms. The molecule has 1 fully saturated rings. The second kappa shape index (κ2) is 7.47. The lowest BCUT2D eigenvalue weighted by atomic mass is 10.0. The SMILES string of the molecule is O=C(CCC1CCCC1)Nc1c(-c2ccc(F)c(F)c2)nc2ccccn12. The molecule has 1 aliphatic carbocycles. The Morgan fingerprint density at radius 1 is 1.15 bits per heavy atom. The third kappa shape index (κ3) is 3.70. The molecule has 6 heteroatoms. The van der Waals surface area contributed by atoms with E-state index in [0.717, 1.165) is 18.6 Å². The van der Waals surface area contributed by atoms with Gasteiger partial charge in [-0.2, -0.15) is 0 Å². The molecule has 0 aliphatic heterocycles. The highest BCUT2D eigenvalue weighted by Crippen LogP contribution is 2.31. The normalized spacial score (nSPS) is 14.7. The minimum Gasteiger partial charge on any atom is -0.310 e. The maximum Gasteiger partial charge on any atom is 0.225 e. The van der Waals surface area contributed by atoms with E-state index < -0.39 is 11.6 Å². The Balaban J connectivity index is 1.63. The molecule has 1 aromatic carbocycles. The number of benzene rings is 1. The average Bonchev–Trinajstić information content (AvgIpc) is 3.31. The molecule has 27 heavy (non-hydrogen) atoms. The average molecular weight is 369 g/mol. The van der Waals surface area contributed by atoms with Crippen LogP contribution >= 0.6 is 0 Å². The number of halogens is 2. The van der Waals surface area contributed by atoms with Crippen LogP contribution in [0.25, 0.3) is 16.9 Å². The molecule has 0 atom stereocenters. The van der Waals surface area contributed by atoms with Crippen LogP contribution in [0.5, 0.6) is 0 Å². The Kier molecular flexibility index (Phi) is 4.88. The second-order valence-corrected chi connectivity index (χ2v) is 7.10. The molecule has 140 valence electrons. The smallest absolute Gasteiger partial charge is 0.225 e. The molecule has 2 heterocycles. The monoisotopic (exact) mass is 369 g/mol. The number of pyridine rings is 1. The number of carbonyl (C=O) groups is 1. The second-order valence-electron chi connectivity index (χ2n) is 7.10. The lowest BCUT2D eigenvalue weighted by Gasteiger charge is -2.10. The quantitative estimate of drug-likeness (QED) is 0.673. The van der Waals surface area contributed by atoms with Crippen molar-refractivity contribution in [3.05, 3.63) is 54.2 Å². The van der Waals surface area contributed by atoms with E-state index in [0.29, 0.717) is 35.1 Å². The molecule has 4 nitrogen and oxygen atoms in total. The summed E-state index contributed by atoms with van der Waals surface area (Å²) in [7, 11) is 0. The minimum absolute atomic E-state index is 0.0867. The fourth-order valence-corrected chi connectivity index (χ4v) is 3.79. The van der Waals surface area contributed by atoms with Gasteiger partial charge in [0, 0.05) is 18.2 Å². The van der Waals surface area contributed by atoms with E-state index in [4.69, 9.17) is 0 Å². The van der Waals surface area contributed by atoms with Crippen molar-refractivity contribution < 1.29 is 13.6 Å². The van der Waals surface area contributed by atoms with Crippen LogP contribution in [0, 0.1) is 17.6 Å². The van der Waals surface area contributed by atoms with Gasteiger partial charge in [-0.1, -0.05) is 31.7 Å². The largest absolute Gasteiger partial charge is 0.310 e. The molecular weight excluding hydrogens is 348 g/mol. The number of anilines is 1. The van der Waals surface area contributed by atoms with Crippen LogP contribution in [-0.4, -0.2) is 15.3 Å². The maximum absolute atomic E-state index is 13.7. The summed E-state index contributed by atoms with van der Waals surface area (Å²) in [6.07, 6.45) is 8.01. The van der Waals surface area contributed by atoms with Gasteiger partial charge in [0.25, 0.3) is 0 Å². The standard InChI is InChI=1S/C21H21F2N3O/c22-16-10-9-15(13-17(16)23)20-21(26-12-4-3-7-18(26)24-20)25-19(27)11-8-14-5-1-2-6-14/h3-4,7,9-10,12-14H,1-2,5-6,8,11H2,(H,25,27). The lowest BCUT2D eigenvalue weighted by Crippen LogP contribution is -2.14. The summed E-state index contributed by atoms with van der Waals surface area (Å²) in [6.45, 7) is 0. The van der Waals surface area contributed by atoms with Crippen LogP contribution in [0.3, 0.4) is 0 Å². The molecule has 0 saturated heterocycles.